The molecule has 2 aromatic heterocycles. The Morgan fingerprint density at radius 3 is 2.62 bits per heavy atom. The van der Waals surface area contributed by atoms with Gasteiger partial charge in [0.15, 0.2) is 11.4 Å². The summed E-state index contributed by atoms with van der Waals surface area (Å²) in [5.41, 5.74) is 2.29. The van der Waals surface area contributed by atoms with Crippen molar-refractivity contribution in [3.8, 4) is 6.07 Å². The molecule has 1 aliphatic rings. The number of carboxylic acids is 1. The van der Waals surface area contributed by atoms with Gasteiger partial charge in [-0.1, -0.05) is 24.1 Å². The molecule has 0 bridgehead atoms. The van der Waals surface area contributed by atoms with Crippen molar-refractivity contribution in [2.24, 2.45) is 0 Å². The van der Waals surface area contributed by atoms with E-state index in [-0.39, 0.29) is 17.2 Å². The molecule has 0 amide bonds. The average molecular weight is 479 g/mol. The van der Waals surface area contributed by atoms with Crippen LogP contribution in [0.1, 0.15) is 40.0 Å². The lowest BCUT2D eigenvalue weighted by Crippen LogP contribution is -2.44. The first-order valence-electron chi connectivity index (χ1n) is 10.9. The van der Waals surface area contributed by atoms with Crippen LogP contribution < -0.4 is 15.8 Å². The quantitative estimate of drug-likeness (QED) is 0.516. The summed E-state index contributed by atoms with van der Waals surface area (Å²) in [4.78, 5) is 31.8. The Morgan fingerprint density at radius 1 is 1.26 bits per heavy atom. The summed E-state index contributed by atoms with van der Waals surface area (Å²) in [5, 5.41) is 22.6. The summed E-state index contributed by atoms with van der Waals surface area (Å²) in [6, 6.07) is 10.3. The van der Waals surface area contributed by atoms with Gasteiger partial charge in [0.1, 0.15) is 11.7 Å². The largest absolute Gasteiger partial charge is 0.478 e. The lowest BCUT2D eigenvalue weighted by atomic mass is 10.1. The van der Waals surface area contributed by atoms with Crippen LogP contribution in [-0.4, -0.2) is 57.2 Å². The number of nitriles is 1. The lowest BCUT2D eigenvalue weighted by molar-refractivity contribution is 0.0698. The number of aromatic carboxylic acids is 1. The van der Waals surface area contributed by atoms with Crippen molar-refractivity contribution in [3.63, 3.8) is 0 Å². The first kappa shape index (κ1) is 23.6. The van der Waals surface area contributed by atoms with Crippen molar-refractivity contribution in [1.29, 1.82) is 5.26 Å². The summed E-state index contributed by atoms with van der Waals surface area (Å²) >= 11 is 1.68. The molecular formula is C24H26N6O3S. The average Bonchev–Trinajstić information content (AvgIpc) is 2.84. The molecule has 176 valence electrons. The molecule has 1 atom stereocenters. The Kier molecular flexibility index (Phi) is 6.77. The standard InChI is InChI=1S/C24H26N6O3S/c1-15-12-18(16(2)26-20-7-5-4-6-17(20)24(32)33)22-27-21(19(13-25)23(31)30(22)14-15)28-8-10-29(34-3)11-9-28/h4-7,12,14,16,26H,8-11H2,1-3H3,(H,32,33). The number of piperazine rings is 1. The SMILES string of the molecule is CSN1CCN(c2nc3c(C(C)Nc4ccccc4C(=O)O)cc(C)cn3c(=O)c2C#N)CC1. The first-order chi connectivity index (χ1) is 16.3. The number of hydrogen-bond donors (Lipinski definition) is 2. The van der Waals surface area contributed by atoms with Gasteiger partial charge in [-0.05, 0) is 43.9 Å². The van der Waals surface area contributed by atoms with E-state index in [2.05, 4.69) is 15.7 Å². The fourth-order valence-corrected chi connectivity index (χ4v) is 4.76. The van der Waals surface area contributed by atoms with Crippen molar-refractivity contribution in [1.82, 2.24) is 13.7 Å². The van der Waals surface area contributed by atoms with E-state index >= 15 is 0 Å². The number of fused-ring (bicyclic) bond motifs is 1. The van der Waals surface area contributed by atoms with Crippen LogP contribution in [0, 0.1) is 18.3 Å². The third-order valence-electron chi connectivity index (χ3n) is 5.97. The smallest absolute Gasteiger partial charge is 0.337 e. The van der Waals surface area contributed by atoms with Gasteiger partial charge in [0.2, 0.25) is 0 Å². The Balaban J connectivity index is 1.82. The molecule has 3 aromatic rings. The number of benzene rings is 1. The Bertz CT molecular complexity index is 1340. The molecule has 1 unspecified atom stereocenters. The molecule has 0 radical (unpaired) electrons. The molecule has 10 heteroatoms. The van der Waals surface area contributed by atoms with E-state index in [4.69, 9.17) is 4.98 Å². The van der Waals surface area contributed by atoms with E-state index < -0.39 is 11.5 Å². The molecule has 1 aromatic carbocycles. The molecule has 3 heterocycles. The summed E-state index contributed by atoms with van der Waals surface area (Å²) in [5.74, 6) is -0.624. The number of anilines is 2. The second kappa shape index (κ2) is 9.75. The topological polar surface area (TPSA) is 114 Å². The molecule has 4 rings (SSSR count). The number of rotatable bonds is 6. The second-order valence-corrected chi connectivity index (χ2v) is 9.09. The van der Waals surface area contributed by atoms with Gasteiger partial charge in [-0.25, -0.2) is 14.1 Å². The number of nitrogens with zero attached hydrogens (tertiary/aromatic N) is 5. The number of aryl methyl sites for hydroxylation is 1. The van der Waals surface area contributed by atoms with Crippen LogP contribution in [0.2, 0.25) is 0 Å². The van der Waals surface area contributed by atoms with Crippen molar-refractivity contribution >= 4 is 35.1 Å². The van der Waals surface area contributed by atoms with Crippen LogP contribution in [0.25, 0.3) is 5.65 Å². The molecule has 34 heavy (non-hydrogen) atoms. The number of aromatic nitrogens is 2. The maximum atomic E-state index is 13.3. The van der Waals surface area contributed by atoms with Gasteiger partial charge < -0.3 is 15.3 Å². The molecule has 1 fully saturated rings. The van der Waals surface area contributed by atoms with Crippen LogP contribution >= 0.6 is 11.9 Å². The third-order valence-corrected chi connectivity index (χ3v) is 6.86. The first-order valence-corrected chi connectivity index (χ1v) is 12.1. The number of carboxylic acid groups (broad SMARTS) is 1. The molecule has 0 saturated carbocycles. The fraction of sp³-hybridized carbons (Fsp3) is 0.333. The zero-order chi connectivity index (χ0) is 24.4. The summed E-state index contributed by atoms with van der Waals surface area (Å²) < 4.78 is 3.66. The summed E-state index contributed by atoms with van der Waals surface area (Å²) in [7, 11) is 0. The van der Waals surface area contributed by atoms with E-state index in [1.54, 1.807) is 42.4 Å². The van der Waals surface area contributed by atoms with Gasteiger partial charge in [-0.2, -0.15) is 5.26 Å². The minimum absolute atomic E-state index is 0.0310. The minimum atomic E-state index is -1.02. The number of nitrogens with one attached hydrogen (secondary N) is 1. The predicted octanol–water partition coefficient (Wildman–Crippen LogP) is 3.15. The minimum Gasteiger partial charge on any atom is -0.478 e. The van der Waals surface area contributed by atoms with Crippen molar-refractivity contribution in [2.75, 3.05) is 42.7 Å². The molecule has 0 spiro atoms. The van der Waals surface area contributed by atoms with E-state index in [0.29, 0.717) is 30.2 Å². The highest BCUT2D eigenvalue weighted by Crippen LogP contribution is 2.27. The maximum Gasteiger partial charge on any atom is 0.337 e. The second-order valence-electron chi connectivity index (χ2n) is 8.21. The van der Waals surface area contributed by atoms with Crippen LogP contribution in [0.4, 0.5) is 11.5 Å². The van der Waals surface area contributed by atoms with Gasteiger partial charge in [0.25, 0.3) is 5.56 Å². The van der Waals surface area contributed by atoms with E-state index in [1.807, 2.05) is 31.1 Å². The third kappa shape index (κ3) is 4.44. The molecule has 1 saturated heterocycles. The van der Waals surface area contributed by atoms with Gasteiger partial charge in [0.05, 0.1) is 11.6 Å². The lowest BCUT2D eigenvalue weighted by Gasteiger charge is -2.34. The van der Waals surface area contributed by atoms with Crippen LogP contribution in [0.15, 0.2) is 41.3 Å². The molecule has 0 aliphatic carbocycles. The zero-order valence-electron chi connectivity index (χ0n) is 19.3. The van der Waals surface area contributed by atoms with E-state index in [1.165, 1.54) is 4.40 Å². The Labute approximate surface area is 201 Å². The van der Waals surface area contributed by atoms with Gasteiger partial charge >= 0.3 is 5.97 Å². The fourth-order valence-electron chi connectivity index (χ4n) is 4.23. The Hall–Kier alpha value is -3.55. The Morgan fingerprint density at radius 2 is 1.97 bits per heavy atom. The molecule has 9 nitrogen and oxygen atoms in total. The van der Waals surface area contributed by atoms with Gasteiger partial charge in [0, 0.05) is 43.6 Å². The van der Waals surface area contributed by atoms with Crippen LogP contribution in [0.3, 0.4) is 0 Å². The summed E-state index contributed by atoms with van der Waals surface area (Å²) in [6.07, 6.45) is 3.71. The van der Waals surface area contributed by atoms with Crippen LogP contribution in [-0.2, 0) is 0 Å². The van der Waals surface area contributed by atoms with Gasteiger partial charge in [-0.15, -0.1) is 0 Å². The zero-order valence-corrected chi connectivity index (χ0v) is 20.1. The predicted molar refractivity (Wildman–Crippen MR) is 134 cm³/mol. The molecule has 1 aliphatic heterocycles. The van der Waals surface area contributed by atoms with Gasteiger partial charge in [-0.3, -0.25) is 9.20 Å². The number of pyridine rings is 1. The van der Waals surface area contributed by atoms with Crippen LogP contribution in [0.5, 0.6) is 0 Å². The molecular weight excluding hydrogens is 452 g/mol. The number of hydrogen-bond acceptors (Lipinski definition) is 8. The number of carbonyl (C=O) groups is 1. The molecule has 2 N–H and O–H groups in total. The summed E-state index contributed by atoms with van der Waals surface area (Å²) in [6.45, 7) is 6.71. The normalized spacial score (nSPS) is 15.2. The highest BCUT2D eigenvalue weighted by Gasteiger charge is 2.25. The number of para-hydroxylation sites is 1. The van der Waals surface area contributed by atoms with Crippen molar-refractivity contribution in [2.45, 2.75) is 19.9 Å². The van der Waals surface area contributed by atoms with Crippen molar-refractivity contribution < 1.29 is 9.90 Å². The monoisotopic (exact) mass is 478 g/mol. The highest BCUT2D eigenvalue weighted by atomic mass is 32.2. The highest BCUT2D eigenvalue weighted by molar-refractivity contribution is 7.96. The maximum absolute atomic E-state index is 13.3. The van der Waals surface area contributed by atoms with E-state index in [0.717, 1.165) is 24.2 Å². The van der Waals surface area contributed by atoms with E-state index in [9.17, 15) is 20.0 Å². The van der Waals surface area contributed by atoms with Crippen molar-refractivity contribution in [3.05, 3.63) is 69.1 Å².